The Hall–Kier alpha value is -2.41. The number of aromatic nitrogens is 1. The topological polar surface area (TPSA) is 90.2 Å². The van der Waals surface area contributed by atoms with Gasteiger partial charge in [0.2, 0.25) is 0 Å². The standard InChI is InChI=1S/C14H12N2O4S/c1-9(17)6-10-2-4-11(5-3-10)12(18)7-13-15-8-14(21-13)16(19)20/h2-5,8H,6-7H2,1H3. The number of thiazole rings is 1. The summed E-state index contributed by atoms with van der Waals surface area (Å²) in [5.74, 6) is -0.0993. The molecule has 6 nitrogen and oxygen atoms in total. The quantitative estimate of drug-likeness (QED) is 0.465. The first-order valence-corrected chi connectivity index (χ1v) is 6.98. The molecule has 0 spiro atoms. The van der Waals surface area contributed by atoms with Gasteiger partial charge in [-0.05, 0) is 23.8 Å². The first-order valence-electron chi connectivity index (χ1n) is 6.16. The summed E-state index contributed by atoms with van der Waals surface area (Å²) >= 11 is 0.900. The minimum absolute atomic E-state index is 0.0323. The molecular weight excluding hydrogens is 292 g/mol. The molecule has 1 heterocycles. The van der Waals surface area contributed by atoms with Gasteiger partial charge in [-0.3, -0.25) is 19.7 Å². The lowest BCUT2D eigenvalue weighted by Gasteiger charge is -2.01. The lowest BCUT2D eigenvalue weighted by molar-refractivity contribution is -0.380. The average molecular weight is 304 g/mol. The van der Waals surface area contributed by atoms with Crippen molar-refractivity contribution in [3.63, 3.8) is 0 Å². The molecule has 0 atom stereocenters. The number of rotatable bonds is 6. The first-order chi connectivity index (χ1) is 9.95. The summed E-state index contributed by atoms with van der Waals surface area (Å²) in [6.07, 6.45) is 1.53. The van der Waals surface area contributed by atoms with E-state index in [-0.39, 0.29) is 23.0 Å². The SMILES string of the molecule is CC(=O)Cc1ccc(C(=O)Cc2ncc([N+](=O)[O-])s2)cc1. The van der Waals surface area contributed by atoms with E-state index < -0.39 is 4.92 Å². The Morgan fingerprint density at radius 2 is 1.90 bits per heavy atom. The van der Waals surface area contributed by atoms with Crippen molar-refractivity contribution in [1.29, 1.82) is 0 Å². The van der Waals surface area contributed by atoms with Crippen molar-refractivity contribution < 1.29 is 14.5 Å². The number of nitro groups is 1. The molecule has 0 radical (unpaired) electrons. The molecule has 0 aliphatic heterocycles. The van der Waals surface area contributed by atoms with E-state index in [4.69, 9.17) is 0 Å². The van der Waals surface area contributed by atoms with E-state index in [1.54, 1.807) is 24.3 Å². The lowest BCUT2D eigenvalue weighted by atomic mass is 10.0. The third-order valence-electron chi connectivity index (χ3n) is 2.76. The summed E-state index contributed by atoms with van der Waals surface area (Å²) in [6.45, 7) is 1.51. The van der Waals surface area contributed by atoms with Gasteiger partial charge in [-0.15, -0.1) is 0 Å². The maximum atomic E-state index is 12.1. The number of hydrogen-bond acceptors (Lipinski definition) is 6. The van der Waals surface area contributed by atoms with Gasteiger partial charge in [0.25, 0.3) is 0 Å². The van der Waals surface area contributed by atoms with Crippen molar-refractivity contribution in [3.8, 4) is 0 Å². The van der Waals surface area contributed by atoms with Crippen LogP contribution in [0.15, 0.2) is 30.5 Å². The third-order valence-corrected chi connectivity index (χ3v) is 3.71. The highest BCUT2D eigenvalue weighted by molar-refractivity contribution is 7.14. The second kappa shape index (κ2) is 6.36. The maximum absolute atomic E-state index is 12.1. The van der Waals surface area contributed by atoms with Crippen molar-refractivity contribution >= 4 is 27.9 Å². The van der Waals surface area contributed by atoms with Crippen LogP contribution >= 0.6 is 11.3 Å². The normalized spacial score (nSPS) is 10.3. The Morgan fingerprint density at radius 1 is 1.24 bits per heavy atom. The van der Waals surface area contributed by atoms with Gasteiger partial charge in [-0.1, -0.05) is 24.3 Å². The van der Waals surface area contributed by atoms with E-state index in [1.807, 2.05) is 0 Å². The molecule has 108 valence electrons. The van der Waals surface area contributed by atoms with Crippen LogP contribution in [0.5, 0.6) is 0 Å². The van der Waals surface area contributed by atoms with Crippen LogP contribution in [-0.4, -0.2) is 21.5 Å². The van der Waals surface area contributed by atoms with Gasteiger partial charge in [0.1, 0.15) is 17.0 Å². The summed E-state index contributed by atoms with van der Waals surface area (Å²) in [6, 6.07) is 6.78. The second-order valence-electron chi connectivity index (χ2n) is 4.53. The van der Waals surface area contributed by atoms with Crippen molar-refractivity contribution in [1.82, 2.24) is 4.98 Å². The fourth-order valence-corrected chi connectivity index (χ4v) is 2.53. The molecule has 0 bridgehead atoms. The van der Waals surface area contributed by atoms with E-state index in [0.717, 1.165) is 23.1 Å². The average Bonchev–Trinajstić information content (AvgIpc) is 2.87. The van der Waals surface area contributed by atoms with Gasteiger partial charge < -0.3 is 0 Å². The maximum Gasteiger partial charge on any atom is 0.343 e. The van der Waals surface area contributed by atoms with Crippen molar-refractivity contribution in [3.05, 3.63) is 56.7 Å². The lowest BCUT2D eigenvalue weighted by Crippen LogP contribution is -2.04. The largest absolute Gasteiger partial charge is 0.343 e. The minimum Gasteiger partial charge on any atom is -0.300 e. The molecule has 0 aliphatic rings. The zero-order chi connectivity index (χ0) is 15.4. The number of Topliss-reactive ketones (excluding diaryl/α,β-unsaturated/α-hetero) is 2. The van der Waals surface area contributed by atoms with E-state index in [1.165, 1.54) is 6.92 Å². The molecule has 0 aliphatic carbocycles. The predicted octanol–water partition coefficient (Wildman–Crippen LogP) is 2.61. The van der Waals surface area contributed by atoms with E-state index in [9.17, 15) is 19.7 Å². The first kappa shape index (κ1) is 15.0. The fourth-order valence-electron chi connectivity index (χ4n) is 1.80. The zero-order valence-corrected chi connectivity index (χ0v) is 12.1. The Labute approximate surface area is 124 Å². The zero-order valence-electron chi connectivity index (χ0n) is 11.2. The Morgan fingerprint density at radius 3 is 2.43 bits per heavy atom. The van der Waals surface area contributed by atoms with E-state index >= 15 is 0 Å². The highest BCUT2D eigenvalue weighted by atomic mass is 32.1. The molecule has 21 heavy (non-hydrogen) atoms. The number of benzene rings is 1. The molecule has 0 saturated heterocycles. The number of nitrogens with zero attached hydrogens (tertiary/aromatic N) is 2. The van der Waals surface area contributed by atoms with Gasteiger partial charge in [0.05, 0.1) is 11.3 Å². The highest BCUT2D eigenvalue weighted by Gasteiger charge is 2.15. The third kappa shape index (κ3) is 4.03. The van der Waals surface area contributed by atoms with Crippen LogP contribution in [0.25, 0.3) is 0 Å². The molecular formula is C14H12N2O4S. The van der Waals surface area contributed by atoms with Crippen LogP contribution < -0.4 is 0 Å². The Bertz CT molecular complexity index is 691. The van der Waals surface area contributed by atoms with Crippen LogP contribution in [-0.2, 0) is 17.6 Å². The second-order valence-corrected chi connectivity index (χ2v) is 5.62. The molecule has 2 aromatic rings. The number of hydrogen-bond donors (Lipinski definition) is 0. The van der Waals surface area contributed by atoms with E-state index in [2.05, 4.69) is 4.98 Å². The molecule has 1 aromatic heterocycles. The smallest absolute Gasteiger partial charge is 0.300 e. The number of carbonyl (C=O) groups excluding carboxylic acids is 2. The molecule has 1 aromatic carbocycles. The Kier molecular flexibility index (Phi) is 4.54. The van der Waals surface area contributed by atoms with Crippen LogP contribution in [0.1, 0.15) is 27.9 Å². The summed E-state index contributed by atoms with van der Waals surface area (Å²) in [4.78, 5) is 37.0. The fraction of sp³-hybridized carbons (Fsp3) is 0.214. The monoisotopic (exact) mass is 304 g/mol. The summed E-state index contributed by atoms with van der Waals surface area (Å²) in [5.41, 5.74) is 1.35. The summed E-state index contributed by atoms with van der Waals surface area (Å²) in [7, 11) is 0. The van der Waals surface area contributed by atoms with Crippen LogP contribution in [0.4, 0.5) is 5.00 Å². The van der Waals surface area contributed by atoms with Crippen molar-refractivity contribution in [2.45, 2.75) is 19.8 Å². The van der Waals surface area contributed by atoms with Gasteiger partial charge in [-0.2, -0.15) is 0 Å². The van der Waals surface area contributed by atoms with Crippen LogP contribution in [0.3, 0.4) is 0 Å². The highest BCUT2D eigenvalue weighted by Crippen LogP contribution is 2.22. The van der Waals surface area contributed by atoms with Gasteiger partial charge >= 0.3 is 5.00 Å². The van der Waals surface area contributed by atoms with Gasteiger partial charge in [0, 0.05) is 12.0 Å². The summed E-state index contributed by atoms with van der Waals surface area (Å²) in [5, 5.41) is 10.9. The summed E-state index contributed by atoms with van der Waals surface area (Å²) < 4.78 is 0. The molecule has 0 unspecified atom stereocenters. The number of ketones is 2. The van der Waals surface area contributed by atoms with Crippen molar-refractivity contribution in [2.24, 2.45) is 0 Å². The molecule has 0 N–H and O–H groups in total. The predicted molar refractivity (Wildman–Crippen MR) is 77.6 cm³/mol. The van der Waals surface area contributed by atoms with Gasteiger partial charge in [-0.25, -0.2) is 4.98 Å². The van der Waals surface area contributed by atoms with E-state index in [0.29, 0.717) is 17.0 Å². The molecule has 2 rings (SSSR count). The molecule has 7 heteroatoms. The molecule has 0 fully saturated rings. The van der Waals surface area contributed by atoms with Crippen LogP contribution in [0, 0.1) is 10.1 Å². The number of carbonyl (C=O) groups is 2. The molecule has 0 amide bonds. The van der Waals surface area contributed by atoms with Crippen molar-refractivity contribution in [2.75, 3.05) is 0 Å². The Balaban J connectivity index is 2.05. The molecule has 0 saturated carbocycles. The van der Waals surface area contributed by atoms with Crippen LogP contribution in [0.2, 0.25) is 0 Å². The van der Waals surface area contributed by atoms with Gasteiger partial charge in [0.15, 0.2) is 5.78 Å². The minimum atomic E-state index is -0.526.